The van der Waals surface area contributed by atoms with Crippen molar-refractivity contribution in [2.45, 2.75) is 0 Å². The largest absolute Gasteiger partial charge is 0.354 e. The van der Waals surface area contributed by atoms with E-state index in [1.165, 1.54) is 0 Å². The number of benzene rings is 4. The molecule has 128 valence electrons. The Morgan fingerprint density at radius 3 is 1.96 bits per heavy atom. The lowest BCUT2D eigenvalue weighted by Gasteiger charge is -2.15. The van der Waals surface area contributed by atoms with Crippen LogP contribution < -0.4 is 5.43 Å². The second-order valence-corrected chi connectivity index (χ2v) is 6.68. The van der Waals surface area contributed by atoms with Crippen molar-refractivity contribution in [1.82, 2.24) is 4.98 Å². The van der Waals surface area contributed by atoms with Crippen molar-refractivity contribution >= 4 is 10.9 Å². The topological polar surface area (TPSA) is 32.9 Å². The lowest BCUT2D eigenvalue weighted by molar-refractivity contribution is 1.36. The standard InChI is InChI=1S/C25H17NO/c27-25-21-15-19-13-7-8-14-22(19)26-23(21)16-20(17-9-3-1-4-10-17)24(25)18-11-5-2-6-12-18/h1-16,26H. The van der Waals surface area contributed by atoms with Gasteiger partial charge in [-0.05, 0) is 40.3 Å². The van der Waals surface area contributed by atoms with Crippen LogP contribution in [0.1, 0.15) is 0 Å². The highest BCUT2D eigenvalue weighted by Gasteiger charge is 2.19. The average molecular weight is 347 g/mol. The van der Waals surface area contributed by atoms with E-state index in [9.17, 15) is 4.79 Å². The predicted octanol–water partition coefficient (Wildman–Crippen LogP) is 5.97. The third-order valence-electron chi connectivity index (χ3n) is 5.00. The molecule has 0 saturated carbocycles. The van der Waals surface area contributed by atoms with Crippen LogP contribution >= 0.6 is 0 Å². The number of hydrogen-bond donors (Lipinski definition) is 1. The molecule has 0 saturated heterocycles. The Labute approximate surface area is 157 Å². The number of rotatable bonds is 2. The van der Waals surface area contributed by atoms with Crippen LogP contribution in [0.2, 0.25) is 0 Å². The van der Waals surface area contributed by atoms with Crippen LogP contribution in [0.4, 0.5) is 0 Å². The minimum atomic E-state index is 0.0551. The molecule has 0 spiro atoms. The Bertz CT molecular complexity index is 1270. The summed E-state index contributed by atoms with van der Waals surface area (Å²) in [5.74, 6) is 0. The molecule has 1 aliphatic heterocycles. The minimum absolute atomic E-state index is 0.0551. The van der Waals surface area contributed by atoms with Crippen molar-refractivity contribution < 1.29 is 0 Å². The van der Waals surface area contributed by atoms with Crippen molar-refractivity contribution in [1.29, 1.82) is 0 Å². The summed E-state index contributed by atoms with van der Waals surface area (Å²) in [6.45, 7) is 0. The molecule has 27 heavy (non-hydrogen) atoms. The quantitative estimate of drug-likeness (QED) is 0.392. The van der Waals surface area contributed by atoms with Gasteiger partial charge in [-0.15, -0.1) is 0 Å². The summed E-state index contributed by atoms with van der Waals surface area (Å²) >= 11 is 0. The maximum atomic E-state index is 13.5. The van der Waals surface area contributed by atoms with Crippen molar-refractivity contribution in [2.24, 2.45) is 0 Å². The van der Waals surface area contributed by atoms with Crippen LogP contribution in [0.3, 0.4) is 0 Å². The molecule has 0 fully saturated rings. The monoisotopic (exact) mass is 347 g/mol. The van der Waals surface area contributed by atoms with Crippen LogP contribution in [0.25, 0.3) is 44.4 Å². The van der Waals surface area contributed by atoms with Gasteiger partial charge in [-0.25, -0.2) is 0 Å². The SMILES string of the molecule is O=c1c2cc3ccccc3[nH]c-2cc(-c2ccccc2)c1-c1ccccc1. The predicted molar refractivity (Wildman–Crippen MR) is 112 cm³/mol. The van der Waals surface area contributed by atoms with E-state index in [1.54, 1.807) is 0 Å². The molecule has 2 nitrogen and oxygen atoms in total. The molecule has 0 atom stereocenters. The Kier molecular flexibility index (Phi) is 3.61. The number of H-pyrrole nitrogens is 1. The number of fused-ring (bicyclic) bond motifs is 2. The Morgan fingerprint density at radius 1 is 0.593 bits per heavy atom. The smallest absolute Gasteiger partial charge is 0.196 e. The molecule has 1 aliphatic carbocycles. The van der Waals surface area contributed by atoms with E-state index in [1.807, 2.05) is 91.0 Å². The first-order valence-corrected chi connectivity index (χ1v) is 9.01. The molecular formula is C25H17NO. The van der Waals surface area contributed by atoms with Gasteiger partial charge in [0, 0.05) is 16.6 Å². The molecule has 1 N–H and O–H groups in total. The first-order chi connectivity index (χ1) is 13.3. The van der Waals surface area contributed by atoms with E-state index >= 15 is 0 Å². The van der Waals surface area contributed by atoms with Gasteiger partial charge in [0.05, 0.1) is 5.69 Å². The Morgan fingerprint density at radius 2 is 1.22 bits per heavy atom. The van der Waals surface area contributed by atoms with Crippen LogP contribution in [0.15, 0.2) is 102 Å². The van der Waals surface area contributed by atoms with Gasteiger partial charge in [0.2, 0.25) is 0 Å². The maximum Gasteiger partial charge on any atom is 0.196 e. The molecule has 0 bridgehead atoms. The van der Waals surface area contributed by atoms with Gasteiger partial charge in [0.25, 0.3) is 0 Å². The van der Waals surface area contributed by atoms with E-state index in [0.717, 1.165) is 38.9 Å². The van der Waals surface area contributed by atoms with E-state index in [0.29, 0.717) is 5.56 Å². The van der Waals surface area contributed by atoms with Crippen molar-refractivity contribution in [3.05, 3.63) is 107 Å². The molecule has 2 aliphatic rings. The fourth-order valence-corrected chi connectivity index (χ4v) is 3.69. The van der Waals surface area contributed by atoms with Gasteiger partial charge in [-0.2, -0.15) is 0 Å². The zero-order chi connectivity index (χ0) is 18.2. The minimum Gasteiger partial charge on any atom is -0.354 e. The fourth-order valence-electron chi connectivity index (χ4n) is 3.69. The Hall–Kier alpha value is -3.65. The summed E-state index contributed by atoms with van der Waals surface area (Å²) in [7, 11) is 0. The average Bonchev–Trinajstić information content (AvgIpc) is 2.74. The summed E-state index contributed by atoms with van der Waals surface area (Å²) in [6.07, 6.45) is 0. The van der Waals surface area contributed by atoms with E-state index < -0.39 is 0 Å². The van der Waals surface area contributed by atoms with Crippen LogP contribution in [-0.4, -0.2) is 4.98 Å². The molecule has 2 heteroatoms. The highest BCUT2D eigenvalue weighted by atomic mass is 16.1. The molecular weight excluding hydrogens is 330 g/mol. The number of aromatic amines is 1. The number of nitrogens with one attached hydrogen (secondary N) is 1. The lowest BCUT2D eigenvalue weighted by Crippen LogP contribution is -2.12. The van der Waals surface area contributed by atoms with Crippen LogP contribution in [0, 0.1) is 0 Å². The number of para-hydroxylation sites is 1. The number of hydrogen-bond acceptors (Lipinski definition) is 1. The third kappa shape index (κ3) is 2.63. The third-order valence-corrected chi connectivity index (χ3v) is 5.00. The van der Waals surface area contributed by atoms with Crippen LogP contribution in [0.5, 0.6) is 0 Å². The van der Waals surface area contributed by atoms with Gasteiger partial charge < -0.3 is 4.98 Å². The number of pyridine rings is 1. The second kappa shape index (κ2) is 6.26. The van der Waals surface area contributed by atoms with Gasteiger partial charge in [0.15, 0.2) is 5.43 Å². The summed E-state index contributed by atoms with van der Waals surface area (Å²) in [6, 6.07) is 32.1. The zero-order valence-electron chi connectivity index (χ0n) is 14.6. The molecule has 3 aromatic carbocycles. The van der Waals surface area contributed by atoms with Crippen molar-refractivity contribution in [2.75, 3.05) is 0 Å². The maximum absolute atomic E-state index is 13.5. The lowest BCUT2D eigenvalue weighted by atomic mass is 9.89. The van der Waals surface area contributed by atoms with Crippen molar-refractivity contribution in [3.63, 3.8) is 0 Å². The first kappa shape index (κ1) is 15.6. The molecule has 0 unspecified atom stereocenters. The van der Waals surface area contributed by atoms with Crippen molar-refractivity contribution in [3.8, 4) is 33.5 Å². The second-order valence-electron chi connectivity index (χ2n) is 6.68. The molecule has 3 aromatic rings. The summed E-state index contributed by atoms with van der Waals surface area (Å²) in [5.41, 5.74) is 6.33. The molecule has 0 aromatic heterocycles. The first-order valence-electron chi connectivity index (χ1n) is 9.01. The molecule has 1 heterocycles. The summed E-state index contributed by atoms with van der Waals surface area (Å²) < 4.78 is 0. The van der Waals surface area contributed by atoms with Crippen LogP contribution in [-0.2, 0) is 0 Å². The Balaban J connectivity index is 1.93. The van der Waals surface area contributed by atoms with Gasteiger partial charge >= 0.3 is 0 Å². The van der Waals surface area contributed by atoms with Gasteiger partial charge in [-0.3, -0.25) is 4.79 Å². The zero-order valence-corrected chi connectivity index (χ0v) is 14.6. The normalized spacial score (nSPS) is 11.1. The molecule has 5 rings (SSSR count). The van der Waals surface area contributed by atoms with E-state index in [4.69, 9.17) is 0 Å². The molecule has 0 amide bonds. The fraction of sp³-hybridized carbons (Fsp3) is 0. The van der Waals surface area contributed by atoms with Gasteiger partial charge in [0.1, 0.15) is 0 Å². The summed E-state index contributed by atoms with van der Waals surface area (Å²) in [4.78, 5) is 17.0. The highest BCUT2D eigenvalue weighted by molar-refractivity contribution is 5.92. The number of aromatic nitrogens is 1. The molecule has 0 radical (unpaired) electrons. The van der Waals surface area contributed by atoms with E-state index in [-0.39, 0.29) is 5.43 Å². The van der Waals surface area contributed by atoms with Gasteiger partial charge in [-0.1, -0.05) is 78.9 Å². The summed E-state index contributed by atoms with van der Waals surface area (Å²) in [5, 5.41) is 1.04. The highest BCUT2D eigenvalue weighted by Crippen LogP contribution is 2.34. The van der Waals surface area contributed by atoms with E-state index in [2.05, 4.69) is 11.1 Å².